The van der Waals surface area contributed by atoms with Crippen molar-refractivity contribution in [1.82, 2.24) is 10.2 Å². The minimum atomic E-state index is -0.143. The van der Waals surface area contributed by atoms with Gasteiger partial charge in [-0.1, -0.05) is 29.8 Å². The summed E-state index contributed by atoms with van der Waals surface area (Å²) in [6.45, 7) is 2.71. The molecule has 2 N–H and O–H groups in total. The number of nitrogens with one attached hydrogen (secondary N) is 2. The number of aliphatic imine (C=N–C) groups is 1. The zero-order chi connectivity index (χ0) is 19.8. The predicted octanol–water partition coefficient (Wildman–Crippen LogP) is 4.13. The van der Waals surface area contributed by atoms with Gasteiger partial charge in [0.1, 0.15) is 5.75 Å². The second-order valence-electron chi connectivity index (χ2n) is 6.10. The molecule has 28 heavy (non-hydrogen) atoms. The molecule has 0 aliphatic carbocycles. The number of carbonyl (C=O) groups is 1. The standard InChI is InChI=1S/C20H25ClN4O2.HI/c1-14(26)24-18-11-15(8-9-19(18)27-4)12-23-20(22-2)25(3)13-16-6-5-7-17(21)10-16;/h5-11H,12-13H2,1-4H3,(H,22,23)(H,24,26);1H. The molecule has 152 valence electrons. The average molecular weight is 517 g/mol. The molecule has 0 radical (unpaired) electrons. The summed E-state index contributed by atoms with van der Waals surface area (Å²) in [5.41, 5.74) is 2.74. The van der Waals surface area contributed by atoms with Crippen LogP contribution in [0.1, 0.15) is 18.1 Å². The molecule has 0 aromatic heterocycles. The Balaban J connectivity index is 0.00000392. The molecule has 0 bridgehead atoms. The Morgan fingerprint density at radius 3 is 2.57 bits per heavy atom. The highest BCUT2D eigenvalue weighted by Gasteiger charge is 2.09. The highest BCUT2D eigenvalue weighted by Crippen LogP contribution is 2.25. The maximum absolute atomic E-state index is 11.4. The van der Waals surface area contributed by atoms with E-state index in [0.717, 1.165) is 17.1 Å². The number of rotatable bonds is 6. The maximum atomic E-state index is 11.4. The van der Waals surface area contributed by atoms with Crippen LogP contribution in [-0.4, -0.2) is 38.0 Å². The van der Waals surface area contributed by atoms with E-state index in [4.69, 9.17) is 16.3 Å². The number of anilines is 1. The summed E-state index contributed by atoms with van der Waals surface area (Å²) in [5, 5.41) is 6.83. The lowest BCUT2D eigenvalue weighted by Crippen LogP contribution is -2.38. The van der Waals surface area contributed by atoms with Crippen LogP contribution in [0, 0.1) is 0 Å². The van der Waals surface area contributed by atoms with Gasteiger partial charge in [-0.3, -0.25) is 9.79 Å². The van der Waals surface area contributed by atoms with E-state index < -0.39 is 0 Å². The fraction of sp³-hybridized carbons (Fsp3) is 0.300. The smallest absolute Gasteiger partial charge is 0.221 e. The number of carbonyl (C=O) groups excluding carboxylic acids is 1. The molecule has 0 heterocycles. The lowest BCUT2D eigenvalue weighted by atomic mass is 10.2. The van der Waals surface area contributed by atoms with Crippen molar-refractivity contribution in [3.8, 4) is 5.75 Å². The Morgan fingerprint density at radius 2 is 1.96 bits per heavy atom. The number of methoxy groups -OCH3 is 1. The minimum Gasteiger partial charge on any atom is -0.495 e. The van der Waals surface area contributed by atoms with Gasteiger partial charge in [0.15, 0.2) is 5.96 Å². The molecule has 0 aliphatic heterocycles. The highest BCUT2D eigenvalue weighted by atomic mass is 127. The minimum absolute atomic E-state index is 0. The van der Waals surface area contributed by atoms with Gasteiger partial charge in [-0.25, -0.2) is 0 Å². The predicted molar refractivity (Wildman–Crippen MR) is 126 cm³/mol. The highest BCUT2D eigenvalue weighted by molar-refractivity contribution is 14.0. The molecule has 0 saturated carbocycles. The van der Waals surface area contributed by atoms with Gasteiger partial charge in [0.25, 0.3) is 0 Å². The van der Waals surface area contributed by atoms with Crippen molar-refractivity contribution in [2.45, 2.75) is 20.0 Å². The number of nitrogens with zero attached hydrogens (tertiary/aromatic N) is 2. The van der Waals surface area contributed by atoms with E-state index >= 15 is 0 Å². The van der Waals surface area contributed by atoms with E-state index in [1.165, 1.54) is 6.92 Å². The van der Waals surface area contributed by atoms with Gasteiger partial charge >= 0.3 is 0 Å². The van der Waals surface area contributed by atoms with Gasteiger partial charge in [0.2, 0.25) is 5.91 Å². The van der Waals surface area contributed by atoms with Gasteiger partial charge in [-0.2, -0.15) is 0 Å². The molecule has 0 aliphatic rings. The Hall–Kier alpha value is -2.00. The summed E-state index contributed by atoms with van der Waals surface area (Å²) >= 11 is 6.05. The number of hydrogen-bond acceptors (Lipinski definition) is 3. The largest absolute Gasteiger partial charge is 0.495 e. The molecule has 0 atom stereocenters. The van der Waals surface area contributed by atoms with Crippen LogP contribution in [0.15, 0.2) is 47.5 Å². The average Bonchev–Trinajstić information content (AvgIpc) is 2.62. The van der Waals surface area contributed by atoms with Crippen molar-refractivity contribution in [3.63, 3.8) is 0 Å². The summed E-state index contributed by atoms with van der Waals surface area (Å²) in [7, 11) is 5.28. The van der Waals surface area contributed by atoms with Crippen LogP contribution in [0.4, 0.5) is 5.69 Å². The molecule has 0 fully saturated rings. The van der Waals surface area contributed by atoms with E-state index in [1.807, 2.05) is 54.4 Å². The first-order valence-electron chi connectivity index (χ1n) is 8.53. The lowest BCUT2D eigenvalue weighted by molar-refractivity contribution is -0.114. The van der Waals surface area contributed by atoms with Crippen molar-refractivity contribution in [3.05, 3.63) is 58.6 Å². The van der Waals surface area contributed by atoms with Crippen molar-refractivity contribution in [2.24, 2.45) is 4.99 Å². The Labute approximate surface area is 188 Å². The SMILES string of the molecule is CN=C(NCc1ccc(OC)c(NC(C)=O)c1)N(C)Cc1cccc(Cl)c1.I. The van der Waals surface area contributed by atoms with Crippen LogP contribution in [-0.2, 0) is 17.9 Å². The zero-order valence-electron chi connectivity index (χ0n) is 16.5. The number of halogens is 2. The van der Waals surface area contributed by atoms with Gasteiger partial charge in [-0.15, -0.1) is 24.0 Å². The van der Waals surface area contributed by atoms with Crippen LogP contribution >= 0.6 is 35.6 Å². The molecule has 2 rings (SSSR count). The topological polar surface area (TPSA) is 66.0 Å². The molecule has 0 saturated heterocycles. The van der Waals surface area contributed by atoms with Crippen LogP contribution in [0.3, 0.4) is 0 Å². The second-order valence-corrected chi connectivity index (χ2v) is 6.54. The van der Waals surface area contributed by atoms with E-state index in [0.29, 0.717) is 29.5 Å². The molecule has 0 spiro atoms. The molecule has 2 aromatic rings. The zero-order valence-corrected chi connectivity index (χ0v) is 19.5. The number of benzene rings is 2. The van der Waals surface area contributed by atoms with Crippen LogP contribution in [0.2, 0.25) is 5.02 Å². The summed E-state index contributed by atoms with van der Waals surface area (Å²) in [5.74, 6) is 1.23. The lowest BCUT2D eigenvalue weighted by Gasteiger charge is -2.22. The van der Waals surface area contributed by atoms with E-state index in [9.17, 15) is 4.79 Å². The monoisotopic (exact) mass is 516 g/mol. The Bertz CT molecular complexity index is 830. The van der Waals surface area contributed by atoms with Gasteiger partial charge in [-0.05, 0) is 35.4 Å². The second kappa shape index (κ2) is 11.8. The van der Waals surface area contributed by atoms with Crippen molar-refractivity contribution in [1.29, 1.82) is 0 Å². The summed E-state index contributed by atoms with van der Waals surface area (Å²) in [6.07, 6.45) is 0. The van der Waals surface area contributed by atoms with Crippen LogP contribution in [0.25, 0.3) is 0 Å². The van der Waals surface area contributed by atoms with E-state index in [-0.39, 0.29) is 29.9 Å². The van der Waals surface area contributed by atoms with Gasteiger partial charge in [0, 0.05) is 39.1 Å². The fourth-order valence-corrected chi connectivity index (χ4v) is 2.92. The molecular formula is C20H26ClIN4O2. The fourth-order valence-electron chi connectivity index (χ4n) is 2.70. The molecular weight excluding hydrogens is 491 g/mol. The van der Waals surface area contributed by atoms with Crippen LogP contribution in [0.5, 0.6) is 5.75 Å². The van der Waals surface area contributed by atoms with Crippen molar-refractivity contribution >= 4 is 53.1 Å². The first-order valence-corrected chi connectivity index (χ1v) is 8.91. The molecule has 0 unspecified atom stereocenters. The Kier molecular flexibility index (Phi) is 10.1. The normalized spacial score (nSPS) is 10.7. The Morgan fingerprint density at radius 1 is 1.21 bits per heavy atom. The van der Waals surface area contributed by atoms with E-state index in [2.05, 4.69) is 15.6 Å². The van der Waals surface area contributed by atoms with Gasteiger partial charge in [0.05, 0.1) is 12.8 Å². The van der Waals surface area contributed by atoms with Crippen LogP contribution < -0.4 is 15.4 Å². The molecule has 1 amide bonds. The third-order valence-corrected chi connectivity index (χ3v) is 4.14. The number of guanidine groups is 1. The number of amides is 1. The van der Waals surface area contributed by atoms with Gasteiger partial charge < -0.3 is 20.3 Å². The molecule has 8 heteroatoms. The third kappa shape index (κ3) is 7.20. The van der Waals surface area contributed by atoms with Crippen molar-refractivity contribution < 1.29 is 9.53 Å². The maximum Gasteiger partial charge on any atom is 0.221 e. The summed E-state index contributed by atoms with van der Waals surface area (Å²) < 4.78 is 5.28. The summed E-state index contributed by atoms with van der Waals surface area (Å²) in [4.78, 5) is 17.7. The van der Waals surface area contributed by atoms with Crippen molar-refractivity contribution in [2.75, 3.05) is 26.5 Å². The summed E-state index contributed by atoms with van der Waals surface area (Å²) in [6, 6.07) is 13.4. The van der Waals surface area contributed by atoms with E-state index in [1.54, 1.807) is 14.2 Å². The third-order valence-electron chi connectivity index (χ3n) is 3.91. The number of ether oxygens (including phenoxy) is 1. The molecule has 2 aromatic carbocycles. The first-order chi connectivity index (χ1) is 12.9. The first kappa shape index (κ1) is 24.0. The number of hydrogen-bond donors (Lipinski definition) is 2. The quantitative estimate of drug-likeness (QED) is 0.344. The molecule has 6 nitrogen and oxygen atoms in total.